The molecule has 0 unspecified atom stereocenters. The van der Waals surface area contributed by atoms with Crippen molar-refractivity contribution in [3.63, 3.8) is 0 Å². The Bertz CT molecular complexity index is 797. The minimum absolute atomic E-state index is 0.167. The Morgan fingerprint density at radius 1 is 1.33 bits per heavy atom. The van der Waals surface area contributed by atoms with Crippen molar-refractivity contribution in [1.29, 1.82) is 0 Å². The minimum Gasteiger partial charge on any atom is -0.469 e. The van der Waals surface area contributed by atoms with Crippen LogP contribution in [0.5, 0.6) is 0 Å². The van der Waals surface area contributed by atoms with Crippen LogP contribution >= 0.6 is 0 Å². The molecule has 0 amide bonds. The Balaban J connectivity index is 1.86. The first-order chi connectivity index (χ1) is 10.0. The number of esters is 1. The Hall–Kier alpha value is -1.99. The van der Waals surface area contributed by atoms with Crippen molar-refractivity contribution in [2.24, 2.45) is 5.92 Å². The predicted molar refractivity (Wildman–Crippen MR) is 76.0 cm³/mol. The minimum atomic E-state index is -3.57. The van der Waals surface area contributed by atoms with E-state index in [0.29, 0.717) is 0 Å². The third-order valence-electron chi connectivity index (χ3n) is 3.59. The van der Waals surface area contributed by atoms with E-state index in [1.807, 2.05) is 6.07 Å². The van der Waals surface area contributed by atoms with Crippen LogP contribution in [0.25, 0.3) is 10.9 Å². The number of nitrogens with zero attached hydrogens (tertiary/aromatic N) is 2. The predicted octanol–water partition coefficient (Wildman–Crippen LogP) is 1.03. The van der Waals surface area contributed by atoms with E-state index in [1.165, 1.54) is 17.5 Å². The summed E-state index contributed by atoms with van der Waals surface area (Å²) in [7, 11) is -2.27. The molecule has 0 radical (unpaired) electrons. The number of sulfonamides is 1. The third-order valence-corrected chi connectivity index (χ3v) is 5.42. The van der Waals surface area contributed by atoms with Crippen LogP contribution in [0.3, 0.4) is 0 Å². The lowest BCUT2D eigenvalue weighted by Gasteiger charge is -2.36. The molecule has 7 heteroatoms. The number of ether oxygens (including phenoxy) is 1. The second kappa shape index (κ2) is 5.09. The molecular weight excluding hydrogens is 292 g/mol. The molecule has 0 spiro atoms. The van der Waals surface area contributed by atoms with Crippen molar-refractivity contribution >= 4 is 26.9 Å². The fourth-order valence-electron chi connectivity index (χ4n) is 2.31. The smallest absolute Gasteiger partial charge is 0.311 e. The van der Waals surface area contributed by atoms with Gasteiger partial charge in [-0.2, -0.15) is 4.31 Å². The SMILES string of the molecule is COC(=O)C1CN(S(=O)(=O)c2ccc3ncccc3c2)C1. The lowest BCUT2D eigenvalue weighted by Crippen LogP contribution is -2.53. The van der Waals surface area contributed by atoms with E-state index in [2.05, 4.69) is 9.72 Å². The van der Waals surface area contributed by atoms with Gasteiger partial charge in [0.15, 0.2) is 0 Å². The van der Waals surface area contributed by atoms with Crippen LogP contribution in [0.15, 0.2) is 41.4 Å². The highest BCUT2D eigenvalue weighted by atomic mass is 32.2. The van der Waals surface area contributed by atoms with Crippen molar-refractivity contribution < 1.29 is 17.9 Å². The van der Waals surface area contributed by atoms with Crippen molar-refractivity contribution in [3.05, 3.63) is 36.5 Å². The molecule has 1 aliphatic heterocycles. The van der Waals surface area contributed by atoms with E-state index in [1.54, 1.807) is 24.4 Å². The highest BCUT2D eigenvalue weighted by Gasteiger charge is 2.41. The van der Waals surface area contributed by atoms with Crippen LogP contribution in [0.1, 0.15) is 0 Å². The molecule has 1 fully saturated rings. The van der Waals surface area contributed by atoms with Gasteiger partial charge >= 0.3 is 5.97 Å². The number of hydrogen-bond acceptors (Lipinski definition) is 5. The summed E-state index contributed by atoms with van der Waals surface area (Å²) in [6.45, 7) is 0.333. The first-order valence-electron chi connectivity index (χ1n) is 6.45. The first kappa shape index (κ1) is 14.0. The van der Waals surface area contributed by atoms with Crippen LogP contribution in [-0.2, 0) is 19.6 Å². The highest BCUT2D eigenvalue weighted by molar-refractivity contribution is 7.89. The summed E-state index contributed by atoms with van der Waals surface area (Å²) in [5.74, 6) is -0.740. The number of rotatable bonds is 3. The molecule has 0 saturated carbocycles. The average molecular weight is 306 g/mol. The quantitative estimate of drug-likeness (QED) is 0.792. The fraction of sp³-hybridized carbons (Fsp3) is 0.286. The second-order valence-corrected chi connectivity index (χ2v) is 6.84. The van der Waals surface area contributed by atoms with E-state index in [-0.39, 0.29) is 29.9 Å². The topological polar surface area (TPSA) is 76.6 Å². The first-order valence-corrected chi connectivity index (χ1v) is 7.89. The van der Waals surface area contributed by atoms with Gasteiger partial charge in [-0.3, -0.25) is 9.78 Å². The molecule has 1 aliphatic rings. The molecule has 1 aromatic carbocycles. The van der Waals surface area contributed by atoms with E-state index >= 15 is 0 Å². The van der Waals surface area contributed by atoms with Gasteiger partial charge in [0.1, 0.15) is 0 Å². The number of methoxy groups -OCH3 is 1. The maximum atomic E-state index is 12.5. The molecule has 2 aromatic rings. The number of pyridine rings is 1. The molecule has 2 heterocycles. The van der Waals surface area contributed by atoms with Crippen molar-refractivity contribution in [2.45, 2.75) is 4.90 Å². The lowest BCUT2D eigenvalue weighted by molar-refractivity contribution is -0.149. The standard InChI is InChI=1S/C14H14N2O4S/c1-20-14(17)11-8-16(9-11)21(18,19)12-4-5-13-10(7-12)3-2-6-15-13/h2-7,11H,8-9H2,1H3. The number of carbonyl (C=O) groups excluding carboxylic acids is 1. The molecule has 0 N–H and O–H groups in total. The normalized spacial score (nSPS) is 16.6. The molecule has 21 heavy (non-hydrogen) atoms. The van der Waals surface area contributed by atoms with Gasteiger partial charge in [-0.15, -0.1) is 0 Å². The Labute approximate surface area is 122 Å². The van der Waals surface area contributed by atoms with Crippen LogP contribution < -0.4 is 0 Å². The summed E-state index contributed by atoms with van der Waals surface area (Å²) in [5, 5.41) is 0.767. The Morgan fingerprint density at radius 2 is 2.10 bits per heavy atom. The number of hydrogen-bond donors (Lipinski definition) is 0. The highest BCUT2D eigenvalue weighted by Crippen LogP contribution is 2.27. The second-order valence-electron chi connectivity index (χ2n) is 4.90. The molecule has 0 atom stereocenters. The zero-order chi connectivity index (χ0) is 15.0. The lowest BCUT2D eigenvalue weighted by atomic mass is 10.0. The molecule has 0 bridgehead atoms. The van der Waals surface area contributed by atoms with Gasteiger partial charge in [-0.25, -0.2) is 8.42 Å². The van der Waals surface area contributed by atoms with E-state index in [4.69, 9.17) is 0 Å². The molecule has 6 nitrogen and oxygen atoms in total. The Morgan fingerprint density at radius 3 is 2.81 bits per heavy atom. The van der Waals surface area contributed by atoms with Crippen molar-refractivity contribution in [2.75, 3.05) is 20.2 Å². The van der Waals surface area contributed by atoms with Crippen LogP contribution in [0, 0.1) is 5.92 Å². The summed E-state index contributed by atoms with van der Waals surface area (Å²) in [5.41, 5.74) is 0.743. The number of fused-ring (bicyclic) bond motifs is 1. The monoisotopic (exact) mass is 306 g/mol. The van der Waals surface area contributed by atoms with Gasteiger partial charge in [-0.1, -0.05) is 6.07 Å². The van der Waals surface area contributed by atoms with Crippen LogP contribution in [0.2, 0.25) is 0 Å². The van der Waals surface area contributed by atoms with Gasteiger partial charge < -0.3 is 4.74 Å². The maximum Gasteiger partial charge on any atom is 0.311 e. The van der Waals surface area contributed by atoms with Crippen molar-refractivity contribution in [1.82, 2.24) is 9.29 Å². The molecule has 1 saturated heterocycles. The van der Waals surface area contributed by atoms with Gasteiger partial charge in [0, 0.05) is 24.7 Å². The van der Waals surface area contributed by atoms with Crippen molar-refractivity contribution in [3.8, 4) is 0 Å². The largest absolute Gasteiger partial charge is 0.469 e. The molecule has 3 rings (SSSR count). The van der Waals surface area contributed by atoms with Crippen LogP contribution in [0.4, 0.5) is 0 Å². The zero-order valence-corrected chi connectivity index (χ0v) is 12.2. The van der Waals surface area contributed by atoms with Gasteiger partial charge in [0.25, 0.3) is 0 Å². The third kappa shape index (κ3) is 2.38. The summed E-state index contributed by atoms with van der Waals surface area (Å²) in [4.78, 5) is 15.7. The summed E-state index contributed by atoms with van der Waals surface area (Å²) in [6, 6.07) is 8.39. The van der Waals surface area contributed by atoms with Gasteiger partial charge in [0.2, 0.25) is 10.0 Å². The Kier molecular flexibility index (Phi) is 3.38. The van der Waals surface area contributed by atoms with E-state index < -0.39 is 10.0 Å². The molecule has 0 aliphatic carbocycles. The van der Waals surface area contributed by atoms with Crippen LogP contribution in [-0.4, -0.2) is 43.9 Å². The van der Waals surface area contributed by atoms with Gasteiger partial charge in [0.05, 0.1) is 23.4 Å². The summed E-state index contributed by atoms with van der Waals surface area (Å²) < 4.78 is 30.8. The molecule has 110 valence electrons. The number of carbonyl (C=O) groups is 1. The summed E-state index contributed by atoms with van der Waals surface area (Å²) in [6.07, 6.45) is 1.66. The average Bonchev–Trinajstić information content (AvgIpc) is 2.44. The maximum absolute atomic E-state index is 12.5. The molecular formula is C14H14N2O4S. The van der Waals surface area contributed by atoms with E-state index in [9.17, 15) is 13.2 Å². The molecule has 1 aromatic heterocycles. The zero-order valence-electron chi connectivity index (χ0n) is 11.4. The summed E-state index contributed by atoms with van der Waals surface area (Å²) >= 11 is 0. The number of aromatic nitrogens is 1. The number of benzene rings is 1. The fourth-order valence-corrected chi connectivity index (χ4v) is 3.88. The van der Waals surface area contributed by atoms with E-state index in [0.717, 1.165) is 10.9 Å². The van der Waals surface area contributed by atoms with Gasteiger partial charge in [-0.05, 0) is 24.3 Å².